The summed E-state index contributed by atoms with van der Waals surface area (Å²) in [5.41, 5.74) is 2.83. The summed E-state index contributed by atoms with van der Waals surface area (Å²) in [6.07, 6.45) is 1.58. The fourth-order valence-corrected chi connectivity index (χ4v) is 3.94. The van der Waals surface area contributed by atoms with Crippen LogP contribution in [0.5, 0.6) is 11.5 Å². The molecule has 8 nitrogen and oxygen atoms in total. The molecule has 1 fully saturated rings. The molecule has 9 heteroatoms. The number of pyridine rings is 1. The SMILES string of the molecule is COc1cc(-c2coc(NC(C)C)n2)nc2c(CCl)c(OCCN3CCOCC3)ccc12. The van der Waals surface area contributed by atoms with Crippen LogP contribution >= 0.6 is 11.6 Å². The average molecular weight is 461 g/mol. The maximum Gasteiger partial charge on any atom is 0.295 e. The Morgan fingerprint density at radius 1 is 1.16 bits per heavy atom. The van der Waals surface area contributed by atoms with Gasteiger partial charge in [-0.25, -0.2) is 4.98 Å². The number of anilines is 1. The predicted molar refractivity (Wildman–Crippen MR) is 125 cm³/mol. The van der Waals surface area contributed by atoms with Crippen molar-refractivity contribution in [3.8, 4) is 22.9 Å². The summed E-state index contributed by atoms with van der Waals surface area (Å²) >= 11 is 6.36. The van der Waals surface area contributed by atoms with E-state index < -0.39 is 0 Å². The summed E-state index contributed by atoms with van der Waals surface area (Å²) in [6, 6.07) is 6.41. The van der Waals surface area contributed by atoms with E-state index in [-0.39, 0.29) is 11.9 Å². The number of halogens is 1. The van der Waals surface area contributed by atoms with E-state index >= 15 is 0 Å². The molecule has 1 aliphatic heterocycles. The lowest BCUT2D eigenvalue weighted by molar-refractivity contribution is 0.0322. The zero-order chi connectivity index (χ0) is 22.5. The van der Waals surface area contributed by atoms with E-state index in [1.54, 1.807) is 13.4 Å². The van der Waals surface area contributed by atoms with Gasteiger partial charge in [-0.05, 0) is 26.0 Å². The van der Waals surface area contributed by atoms with Gasteiger partial charge in [-0.15, -0.1) is 11.6 Å². The van der Waals surface area contributed by atoms with Gasteiger partial charge in [-0.2, -0.15) is 4.98 Å². The van der Waals surface area contributed by atoms with Crippen molar-refractivity contribution in [2.24, 2.45) is 0 Å². The molecule has 0 radical (unpaired) electrons. The number of benzene rings is 1. The van der Waals surface area contributed by atoms with E-state index in [1.807, 2.05) is 32.0 Å². The first kappa shape index (κ1) is 22.6. The molecule has 0 saturated carbocycles. The van der Waals surface area contributed by atoms with Crippen molar-refractivity contribution in [2.45, 2.75) is 25.8 Å². The minimum absolute atomic E-state index is 0.209. The molecular formula is C23H29ClN4O4. The fraction of sp³-hybridized carbons (Fsp3) is 0.478. The molecule has 3 aromatic rings. The van der Waals surface area contributed by atoms with Crippen LogP contribution in [0.3, 0.4) is 0 Å². The number of oxazole rings is 1. The topological polar surface area (TPSA) is 81.9 Å². The zero-order valence-electron chi connectivity index (χ0n) is 18.7. The highest BCUT2D eigenvalue weighted by Gasteiger charge is 2.18. The Labute approximate surface area is 192 Å². The Kier molecular flexibility index (Phi) is 7.34. The molecule has 1 aliphatic rings. The van der Waals surface area contributed by atoms with E-state index in [2.05, 4.69) is 15.2 Å². The van der Waals surface area contributed by atoms with Crippen LogP contribution in [0, 0.1) is 0 Å². The highest BCUT2D eigenvalue weighted by atomic mass is 35.5. The maximum absolute atomic E-state index is 6.36. The molecule has 1 N–H and O–H groups in total. The van der Waals surface area contributed by atoms with Gasteiger partial charge in [0, 0.05) is 42.7 Å². The lowest BCUT2D eigenvalue weighted by Gasteiger charge is -2.26. The number of hydrogen-bond donors (Lipinski definition) is 1. The molecule has 0 unspecified atom stereocenters. The minimum Gasteiger partial charge on any atom is -0.496 e. The summed E-state index contributed by atoms with van der Waals surface area (Å²) in [5, 5.41) is 4.02. The van der Waals surface area contributed by atoms with Crippen LogP contribution in [0.25, 0.3) is 22.3 Å². The fourth-order valence-electron chi connectivity index (χ4n) is 3.68. The molecule has 1 aromatic carbocycles. The van der Waals surface area contributed by atoms with Gasteiger partial charge in [0.05, 0.1) is 37.4 Å². The second kappa shape index (κ2) is 10.4. The number of nitrogens with zero attached hydrogens (tertiary/aromatic N) is 3. The molecule has 0 atom stereocenters. The predicted octanol–water partition coefficient (Wildman–Crippen LogP) is 4.17. The molecule has 0 spiro atoms. The van der Waals surface area contributed by atoms with Crippen LogP contribution in [0.2, 0.25) is 0 Å². The third-order valence-corrected chi connectivity index (χ3v) is 5.57. The monoisotopic (exact) mass is 460 g/mol. The van der Waals surface area contributed by atoms with E-state index in [9.17, 15) is 0 Å². The lowest BCUT2D eigenvalue weighted by Crippen LogP contribution is -2.38. The summed E-state index contributed by atoms with van der Waals surface area (Å²) in [4.78, 5) is 11.7. The van der Waals surface area contributed by atoms with E-state index in [0.717, 1.165) is 55.1 Å². The third kappa shape index (κ3) is 5.09. The second-order valence-electron chi connectivity index (χ2n) is 7.92. The summed E-state index contributed by atoms with van der Waals surface area (Å²) in [6.45, 7) is 8.85. The number of morpholine rings is 1. The molecule has 2 aromatic heterocycles. The highest BCUT2D eigenvalue weighted by molar-refractivity contribution is 6.18. The third-order valence-electron chi connectivity index (χ3n) is 5.31. The normalized spacial score (nSPS) is 14.8. The van der Waals surface area contributed by atoms with Crippen LogP contribution in [0.4, 0.5) is 6.01 Å². The molecule has 1 saturated heterocycles. The van der Waals surface area contributed by atoms with E-state index in [1.165, 1.54) is 0 Å². The molecule has 0 bridgehead atoms. The van der Waals surface area contributed by atoms with Gasteiger partial charge in [-0.1, -0.05) is 0 Å². The molecular weight excluding hydrogens is 432 g/mol. The molecule has 0 aliphatic carbocycles. The van der Waals surface area contributed by atoms with Crippen molar-refractivity contribution in [1.82, 2.24) is 14.9 Å². The van der Waals surface area contributed by atoms with Crippen LogP contribution in [-0.4, -0.2) is 67.5 Å². The van der Waals surface area contributed by atoms with Crippen molar-refractivity contribution in [3.63, 3.8) is 0 Å². The van der Waals surface area contributed by atoms with Crippen LogP contribution < -0.4 is 14.8 Å². The standard InChI is InChI=1S/C23H29ClN4O4/c1-15(2)25-23-27-19(14-32-23)18-12-21(29-3)16-4-5-20(17(13-24)22(16)26-18)31-11-8-28-6-9-30-10-7-28/h4-5,12,14-15H,6-11,13H2,1-3H3,(H,25,27). The number of hydrogen-bond acceptors (Lipinski definition) is 8. The number of ether oxygens (including phenoxy) is 3. The van der Waals surface area contributed by atoms with Crippen LogP contribution in [0.1, 0.15) is 19.4 Å². The van der Waals surface area contributed by atoms with Gasteiger partial charge < -0.3 is 23.9 Å². The number of rotatable bonds is 9. The van der Waals surface area contributed by atoms with Crippen molar-refractivity contribution in [3.05, 3.63) is 30.0 Å². The van der Waals surface area contributed by atoms with Gasteiger partial charge in [0.25, 0.3) is 6.01 Å². The first-order chi connectivity index (χ1) is 15.6. The van der Waals surface area contributed by atoms with Gasteiger partial charge in [-0.3, -0.25) is 4.90 Å². The van der Waals surface area contributed by atoms with Crippen LogP contribution in [-0.2, 0) is 10.6 Å². The minimum atomic E-state index is 0.209. The Balaban J connectivity index is 1.63. The number of aromatic nitrogens is 2. The Morgan fingerprint density at radius 3 is 2.69 bits per heavy atom. The molecule has 32 heavy (non-hydrogen) atoms. The summed E-state index contributed by atoms with van der Waals surface area (Å²) in [5.74, 6) is 1.69. The number of fused-ring (bicyclic) bond motifs is 1. The van der Waals surface area contributed by atoms with Crippen LogP contribution in [0.15, 0.2) is 28.9 Å². The second-order valence-corrected chi connectivity index (χ2v) is 8.19. The van der Waals surface area contributed by atoms with Gasteiger partial charge in [0.2, 0.25) is 0 Å². The van der Waals surface area contributed by atoms with E-state index in [4.69, 9.17) is 35.2 Å². The molecule has 172 valence electrons. The van der Waals surface area contributed by atoms with Crippen molar-refractivity contribution in [2.75, 3.05) is 51.9 Å². The van der Waals surface area contributed by atoms with Gasteiger partial charge >= 0.3 is 0 Å². The number of nitrogens with one attached hydrogen (secondary N) is 1. The molecule has 0 amide bonds. The summed E-state index contributed by atoms with van der Waals surface area (Å²) < 4.78 is 22.7. The van der Waals surface area contributed by atoms with Crippen molar-refractivity contribution < 1.29 is 18.6 Å². The summed E-state index contributed by atoms with van der Waals surface area (Å²) in [7, 11) is 1.64. The van der Waals surface area contributed by atoms with Gasteiger partial charge in [0.15, 0.2) is 0 Å². The number of methoxy groups -OCH3 is 1. The maximum atomic E-state index is 6.36. The Hall–Kier alpha value is -2.55. The Bertz CT molecular complexity index is 1050. The van der Waals surface area contributed by atoms with E-state index in [0.29, 0.717) is 29.8 Å². The smallest absolute Gasteiger partial charge is 0.295 e. The Morgan fingerprint density at radius 2 is 1.97 bits per heavy atom. The highest BCUT2D eigenvalue weighted by Crippen LogP contribution is 2.36. The zero-order valence-corrected chi connectivity index (χ0v) is 19.4. The first-order valence-electron chi connectivity index (χ1n) is 10.8. The average Bonchev–Trinajstić information content (AvgIpc) is 3.26. The first-order valence-corrected chi connectivity index (χ1v) is 11.3. The van der Waals surface area contributed by atoms with Crippen molar-refractivity contribution >= 4 is 28.5 Å². The number of alkyl halides is 1. The lowest BCUT2D eigenvalue weighted by atomic mass is 10.1. The van der Waals surface area contributed by atoms with Crippen molar-refractivity contribution in [1.29, 1.82) is 0 Å². The molecule has 4 rings (SSSR count). The quantitative estimate of drug-likeness (QED) is 0.476. The largest absolute Gasteiger partial charge is 0.496 e. The molecule has 3 heterocycles. The van der Waals surface area contributed by atoms with Gasteiger partial charge in [0.1, 0.15) is 30.1 Å².